The van der Waals surface area contributed by atoms with E-state index in [4.69, 9.17) is 0 Å². The Labute approximate surface area is 107 Å². The zero-order valence-electron chi connectivity index (χ0n) is 10.6. The number of aromatic nitrogens is 2. The van der Waals surface area contributed by atoms with Crippen LogP contribution < -0.4 is 4.90 Å². The summed E-state index contributed by atoms with van der Waals surface area (Å²) in [7, 11) is 1.99. The Kier molecular flexibility index (Phi) is 3.89. The van der Waals surface area contributed by atoms with E-state index < -0.39 is 6.10 Å². The third-order valence-electron chi connectivity index (χ3n) is 2.76. The molecule has 4 heteroatoms. The fraction of sp³-hybridized carbons (Fsp3) is 0.286. The molecule has 0 bridgehead atoms. The van der Waals surface area contributed by atoms with E-state index in [0.29, 0.717) is 5.69 Å². The molecule has 2 aromatic heterocycles. The topological polar surface area (TPSA) is 49.2 Å². The summed E-state index contributed by atoms with van der Waals surface area (Å²) in [4.78, 5) is 10.6. The smallest absolute Gasteiger partial charge is 0.0931 e. The molecule has 94 valence electrons. The van der Waals surface area contributed by atoms with Gasteiger partial charge in [0.1, 0.15) is 0 Å². The van der Waals surface area contributed by atoms with Crippen LogP contribution in [0.15, 0.2) is 42.7 Å². The third kappa shape index (κ3) is 3.05. The fourth-order valence-corrected chi connectivity index (χ4v) is 1.70. The number of hydrogen-bond donors (Lipinski definition) is 1. The molecule has 0 amide bonds. The Balaban J connectivity index is 2.07. The Morgan fingerprint density at radius 2 is 2.06 bits per heavy atom. The van der Waals surface area contributed by atoms with E-state index in [-0.39, 0.29) is 0 Å². The van der Waals surface area contributed by atoms with Gasteiger partial charge in [0, 0.05) is 13.2 Å². The van der Waals surface area contributed by atoms with Gasteiger partial charge in [0.15, 0.2) is 0 Å². The molecule has 0 aliphatic carbocycles. The van der Waals surface area contributed by atoms with Crippen molar-refractivity contribution in [3.63, 3.8) is 0 Å². The lowest BCUT2D eigenvalue weighted by Gasteiger charge is -2.18. The molecule has 0 unspecified atom stereocenters. The molecule has 0 radical (unpaired) electrons. The van der Waals surface area contributed by atoms with Crippen LogP contribution in [0.1, 0.15) is 24.4 Å². The van der Waals surface area contributed by atoms with Crippen LogP contribution in [-0.2, 0) is 6.54 Å². The molecular weight excluding hydrogens is 226 g/mol. The van der Waals surface area contributed by atoms with Gasteiger partial charge in [-0.3, -0.25) is 9.97 Å². The van der Waals surface area contributed by atoms with Gasteiger partial charge in [0.2, 0.25) is 0 Å². The summed E-state index contributed by atoms with van der Waals surface area (Å²) in [5, 5.41) is 9.40. The molecule has 2 heterocycles. The SMILES string of the molecule is C[C@H](O)c1ccc(N(C)Cc2ccccn2)cn1. The second-order valence-corrected chi connectivity index (χ2v) is 4.29. The highest BCUT2D eigenvalue weighted by Gasteiger charge is 2.05. The van der Waals surface area contributed by atoms with Crippen LogP contribution in [0.3, 0.4) is 0 Å². The zero-order valence-corrected chi connectivity index (χ0v) is 10.6. The Hall–Kier alpha value is -1.94. The lowest BCUT2D eigenvalue weighted by atomic mass is 10.2. The number of aliphatic hydroxyl groups excluding tert-OH is 1. The van der Waals surface area contributed by atoms with E-state index in [1.54, 1.807) is 19.3 Å². The van der Waals surface area contributed by atoms with Gasteiger partial charge >= 0.3 is 0 Å². The fourth-order valence-electron chi connectivity index (χ4n) is 1.70. The standard InChI is InChI=1S/C14H17N3O/c1-11(18)14-7-6-13(9-16-14)17(2)10-12-5-3-4-8-15-12/h3-9,11,18H,10H2,1-2H3/t11-/m0/s1. The molecule has 0 aliphatic heterocycles. The van der Waals surface area contributed by atoms with Crippen LogP contribution >= 0.6 is 0 Å². The lowest BCUT2D eigenvalue weighted by molar-refractivity contribution is 0.194. The van der Waals surface area contributed by atoms with Crippen LogP contribution in [0.2, 0.25) is 0 Å². The lowest BCUT2D eigenvalue weighted by Crippen LogP contribution is -2.17. The summed E-state index contributed by atoms with van der Waals surface area (Å²) < 4.78 is 0. The second-order valence-electron chi connectivity index (χ2n) is 4.29. The van der Waals surface area contributed by atoms with Crippen molar-refractivity contribution in [3.8, 4) is 0 Å². The molecule has 0 aromatic carbocycles. The molecule has 1 N–H and O–H groups in total. The first-order valence-corrected chi connectivity index (χ1v) is 5.92. The van der Waals surface area contributed by atoms with Crippen LogP contribution in [0.5, 0.6) is 0 Å². The van der Waals surface area contributed by atoms with Crippen molar-refractivity contribution in [1.29, 1.82) is 0 Å². The number of nitrogens with zero attached hydrogens (tertiary/aromatic N) is 3. The van der Waals surface area contributed by atoms with E-state index in [9.17, 15) is 5.11 Å². The summed E-state index contributed by atoms with van der Waals surface area (Å²) >= 11 is 0. The van der Waals surface area contributed by atoms with Crippen molar-refractivity contribution in [2.24, 2.45) is 0 Å². The molecule has 4 nitrogen and oxygen atoms in total. The predicted octanol–water partition coefficient (Wildman–Crippen LogP) is 2.17. The van der Waals surface area contributed by atoms with Crippen molar-refractivity contribution in [2.45, 2.75) is 19.6 Å². The van der Waals surface area contributed by atoms with E-state index in [1.165, 1.54) is 0 Å². The quantitative estimate of drug-likeness (QED) is 0.894. The van der Waals surface area contributed by atoms with Gasteiger partial charge < -0.3 is 10.0 Å². The van der Waals surface area contributed by atoms with Gasteiger partial charge in [0.25, 0.3) is 0 Å². The van der Waals surface area contributed by atoms with Crippen molar-refractivity contribution in [3.05, 3.63) is 54.1 Å². The molecule has 0 saturated heterocycles. The second kappa shape index (κ2) is 5.60. The van der Waals surface area contributed by atoms with Crippen LogP contribution in [0.25, 0.3) is 0 Å². The van der Waals surface area contributed by atoms with Gasteiger partial charge in [-0.2, -0.15) is 0 Å². The summed E-state index contributed by atoms with van der Waals surface area (Å²) in [5.74, 6) is 0. The van der Waals surface area contributed by atoms with E-state index >= 15 is 0 Å². The van der Waals surface area contributed by atoms with E-state index in [2.05, 4.69) is 14.9 Å². The Morgan fingerprint density at radius 1 is 1.22 bits per heavy atom. The highest BCUT2D eigenvalue weighted by Crippen LogP contribution is 2.16. The van der Waals surface area contributed by atoms with Crippen LogP contribution in [-0.4, -0.2) is 22.1 Å². The van der Waals surface area contributed by atoms with Gasteiger partial charge in [-0.1, -0.05) is 6.07 Å². The highest BCUT2D eigenvalue weighted by atomic mass is 16.3. The maximum atomic E-state index is 9.40. The zero-order chi connectivity index (χ0) is 13.0. The van der Waals surface area contributed by atoms with Gasteiger partial charge in [0.05, 0.1) is 35.9 Å². The molecule has 18 heavy (non-hydrogen) atoms. The van der Waals surface area contributed by atoms with E-state index in [1.807, 2.05) is 37.4 Å². The van der Waals surface area contributed by atoms with E-state index in [0.717, 1.165) is 17.9 Å². The number of pyridine rings is 2. The summed E-state index contributed by atoms with van der Waals surface area (Å²) in [6, 6.07) is 9.68. The molecule has 1 atom stereocenters. The number of aliphatic hydroxyl groups is 1. The third-order valence-corrected chi connectivity index (χ3v) is 2.76. The Bertz CT molecular complexity index is 482. The minimum absolute atomic E-state index is 0.528. The average molecular weight is 243 g/mol. The van der Waals surface area contributed by atoms with Crippen molar-refractivity contribution in [1.82, 2.24) is 9.97 Å². The number of anilines is 1. The van der Waals surface area contributed by atoms with Crippen LogP contribution in [0.4, 0.5) is 5.69 Å². The minimum atomic E-state index is -0.528. The summed E-state index contributed by atoms with van der Waals surface area (Å²) in [6.45, 7) is 2.44. The molecule has 0 aliphatic rings. The van der Waals surface area contributed by atoms with Crippen molar-refractivity contribution in [2.75, 3.05) is 11.9 Å². The minimum Gasteiger partial charge on any atom is -0.387 e. The monoisotopic (exact) mass is 243 g/mol. The first kappa shape index (κ1) is 12.5. The Morgan fingerprint density at radius 3 is 2.61 bits per heavy atom. The molecule has 2 aromatic rings. The number of rotatable bonds is 4. The number of hydrogen-bond acceptors (Lipinski definition) is 4. The van der Waals surface area contributed by atoms with Crippen LogP contribution in [0, 0.1) is 0 Å². The first-order valence-electron chi connectivity index (χ1n) is 5.92. The highest BCUT2D eigenvalue weighted by molar-refractivity contribution is 5.44. The molecule has 0 saturated carbocycles. The van der Waals surface area contributed by atoms with Gasteiger partial charge in [-0.05, 0) is 31.2 Å². The summed E-state index contributed by atoms with van der Waals surface area (Å²) in [5.41, 5.74) is 2.70. The first-order chi connectivity index (χ1) is 8.66. The predicted molar refractivity (Wildman–Crippen MR) is 71.2 cm³/mol. The molecule has 0 fully saturated rings. The normalized spacial score (nSPS) is 12.2. The van der Waals surface area contributed by atoms with Crippen molar-refractivity contribution >= 4 is 5.69 Å². The average Bonchev–Trinajstić information content (AvgIpc) is 2.40. The maximum Gasteiger partial charge on any atom is 0.0931 e. The molecular formula is C14H17N3O. The molecule has 0 spiro atoms. The maximum absolute atomic E-state index is 9.40. The molecule has 2 rings (SSSR count). The van der Waals surface area contributed by atoms with Crippen molar-refractivity contribution < 1.29 is 5.11 Å². The summed E-state index contributed by atoms with van der Waals surface area (Å²) in [6.07, 6.45) is 3.03. The van der Waals surface area contributed by atoms with Gasteiger partial charge in [-0.15, -0.1) is 0 Å². The largest absolute Gasteiger partial charge is 0.387 e. The van der Waals surface area contributed by atoms with Gasteiger partial charge in [-0.25, -0.2) is 0 Å².